The summed E-state index contributed by atoms with van der Waals surface area (Å²) in [7, 11) is 2.56. The zero-order chi connectivity index (χ0) is 15.6. The number of amides is 1. The Morgan fingerprint density at radius 1 is 1.29 bits per heavy atom. The lowest BCUT2D eigenvalue weighted by atomic mass is 10.1. The van der Waals surface area contributed by atoms with Gasteiger partial charge in [0, 0.05) is 13.0 Å². The van der Waals surface area contributed by atoms with Gasteiger partial charge in [-0.15, -0.1) is 0 Å². The van der Waals surface area contributed by atoms with Gasteiger partial charge in [-0.05, 0) is 18.2 Å². The van der Waals surface area contributed by atoms with E-state index in [0.29, 0.717) is 11.3 Å². The van der Waals surface area contributed by atoms with Crippen LogP contribution in [0.15, 0.2) is 18.2 Å². The minimum absolute atomic E-state index is 0.0851. The molecule has 0 unspecified atom stereocenters. The monoisotopic (exact) mass is 311 g/mol. The van der Waals surface area contributed by atoms with Gasteiger partial charge in [0.2, 0.25) is 5.91 Å². The van der Waals surface area contributed by atoms with Crippen LogP contribution in [-0.2, 0) is 19.1 Å². The van der Waals surface area contributed by atoms with Gasteiger partial charge >= 0.3 is 11.9 Å². The molecule has 0 aromatic heterocycles. The molecule has 0 bridgehead atoms. The molecule has 1 aliphatic heterocycles. The number of methoxy groups -OCH3 is 2. The number of hydrogen-bond acceptors (Lipinski definition) is 5. The molecule has 1 amide bonds. The average molecular weight is 312 g/mol. The predicted molar refractivity (Wildman–Crippen MR) is 75.3 cm³/mol. The molecule has 0 spiro atoms. The lowest BCUT2D eigenvalue weighted by Gasteiger charge is -2.18. The number of benzene rings is 1. The van der Waals surface area contributed by atoms with Gasteiger partial charge in [0.25, 0.3) is 0 Å². The van der Waals surface area contributed by atoms with E-state index in [1.165, 1.54) is 31.3 Å². The Morgan fingerprint density at radius 3 is 2.57 bits per heavy atom. The van der Waals surface area contributed by atoms with E-state index in [1.54, 1.807) is 6.07 Å². The Kier molecular flexibility index (Phi) is 4.47. The standard InChI is InChI=1S/C14H14ClNO5/c1-20-13(18)8-3-4-11(10(15)5-8)16-7-9(6-12(16)17)14(19)21-2/h3-5,9H,6-7H2,1-2H3/t9-/m0/s1. The number of ether oxygens (including phenoxy) is 2. The minimum atomic E-state index is -0.511. The Hall–Kier alpha value is -2.08. The number of esters is 2. The fourth-order valence-electron chi connectivity index (χ4n) is 2.24. The first-order chi connectivity index (χ1) is 9.97. The summed E-state index contributed by atoms with van der Waals surface area (Å²) < 4.78 is 9.25. The first kappa shape index (κ1) is 15.3. The molecule has 7 heteroatoms. The Bertz CT molecular complexity index is 601. The first-order valence-electron chi connectivity index (χ1n) is 6.24. The summed E-state index contributed by atoms with van der Waals surface area (Å²) >= 11 is 6.12. The quantitative estimate of drug-likeness (QED) is 0.794. The van der Waals surface area contributed by atoms with Crippen LogP contribution in [0.2, 0.25) is 5.02 Å². The summed E-state index contributed by atoms with van der Waals surface area (Å²) in [4.78, 5) is 36.4. The number of carbonyl (C=O) groups excluding carboxylic acids is 3. The second-order valence-electron chi connectivity index (χ2n) is 4.59. The number of halogens is 1. The van der Waals surface area contributed by atoms with Gasteiger partial charge in [-0.3, -0.25) is 9.59 Å². The molecule has 1 aromatic carbocycles. The van der Waals surface area contributed by atoms with E-state index in [4.69, 9.17) is 11.6 Å². The molecule has 1 aromatic rings. The molecule has 0 N–H and O–H groups in total. The van der Waals surface area contributed by atoms with Gasteiger partial charge in [0.1, 0.15) is 0 Å². The minimum Gasteiger partial charge on any atom is -0.469 e. The highest BCUT2D eigenvalue weighted by molar-refractivity contribution is 6.34. The molecular formula is C14H14ClNO5. The van der Waals surface area contributed by atoms with Crippen LogP contribution in [0.1, 0.15) is 16.8 Å². The number of hydrogen-bond donors (Lipinski definition) is 0. The van der Waals surface area contributed by atoms with Crippen molar-refractivity contribution in [3.8, 4) is 0 Å². The third kappa shape index (κ3) is 3.00. The van der Waals surface area contributed by atoms with E-state index >= 15 is 0 Å². The Labute approximate surface area is 126 Å². The second kappa shape index (κ2) is 6.13. The zero-order valence-electron chi connectivity index (χ0n) is 11.6. The van der Waals surface area contributed by atoms with Crippen LogP contribution in [0.3, 0.4) is 0 Å². The molecule has 2 rings (SSSR count). The molecule has 6 nitrogen and oxygen atoms in total. The highest BCUT2D eigenvalue weighted by Gasteiger charge is 2.36. The zero-order valence-corrected chi connectivity index (χ0v) is 12.3. The van der Waals surface area contributed by atoms with Crippen molar-refractivity contribution in [2.24, 2.45) is 5.92 Å². The van der Waals surface area contributed by atoms with Crippen molar-refractivity contribution in [1.29, 1.82) is 0 Å². The summed E-state index contributed by atoms with van der Waals surface area (Å²) in [6.07, 6.45) is 0.0851. The number of anilines is 1. The van der Waals surface area contributed by atoms with Crippen LogP contribution < -0.4 is 4.90 Å². The molecular weight excluding hydrogens is 298 g/mol. The fourth-order valence-corrected chi connectivity index (χ4v) is 2.52. The van der Waals surface area contributed by atoms with Crippen molar-refractivity contribution in [1.82, 2.24) is 0 Å². The molecule has 0 aliphatic carbocycles. The maximum absolute atomic E-state index is 12.0. The summed E-state index contributed by atoms with van der Waals surface area (Å²) in [5.41, 5.74) is 0.753. The lowest BCUT2D eigenvalue weighted by Crippen LogP contribution is -2.26. The molecule has 0 radical (unpaired) electrons. The number of carbonyl (C=O) groups is 3. The molecule has 21 heavy (non-hydrogen) atoms. The van der Waals surface area contributed by atoms with Crippen molar-refractivity contribution < 1.29 is 23.9 Å². The second-order valence-corrected chi connectivity index (χ2v) is 4.99. The molecule has 1 saturated heterocycles. The number of rotatable bonds is 3. The molecule has 1 atom stereocenters. The van der Waals surface area contributed by atoms with E-state index in [1.807, 2.05) is 0 Å². The van der Waals surface area contributed by atoms with Crippen LogP contribution >= 0.6 is 11.6 Å². The Morgan fingerprint density at radius 2 is 2.00 bits per heavy atom. The smallest absolute Gasteiger partial charge is 0.337 e. The first-order valence-corrected chi connectivity index (χ1v) is 6.61. The van der Waals surface area contributed by atoms with E-state index in [0.717, 1.165) is 0 Å². The van der Waals surface area contributed by atoms with Gasteiger partial charge in [-0.25, -0.2) is 4.79 Å². The van der Waals surface area contributed by atoms with E-state index in [-0.39, 0.29) is 23.9 Å². The van der Waals surface area contributed by atoms with Gasteiger partial charge in [-0.2, -0.15) is 0 Å². The SMILES string of the molecule is COC(=O)c1ccc(N2C[C@@H](C(=O)OC)CC2=O)c(Cl)c1. The average Bonchev–Trinajstić information content (AvgIpc) is 2.87. The van der Waals surface area contributed by atoms with E-state index in [2.05, 4.69) is 9.47 Å². The molecule has 1 aliphatic rings. The Balaban J connectivity index is 2.25. The third-order valence-corrected chi connectivity index (χ3v) is 3.62. The topological polar surface area (TPSA) is 72.9 Å². The fraction of sp³-hybridized carbons (Fsp3) is 0.357. The maximum Gasteiger partial charge on any atom is 0.337 e. The normalized spacial score (nSPS) is 17.8. The predicted octanol–water partition coefficient (Wildman–Crippen LogP) is 1.65. The van der Waals surface area contributed by atoms with Crippen LogP contribution in [0.25, 0.3) is 0 Å². The highest BCUT2D eigenvalue weighted by Crippen LogP contribution is 2.32. The third-order valence-electron chi connectivity index (χ3n) is 3.32. The van der Waals surface area contributed by atoms with Crippen LogP contribution in [0.4, 0.5) is 5.69 Å². The highest BCUT2D eigenvalue weighted by atomic mass is 35.5. The van der Waals surface area contributed by atoms with Crippen LogP contribution in [0, 0.1) is 5.92 Å². The molecule has 1 fully saturated rings. The lowest BCUT2D eigenvalue weighted by molar-refractivity contribution is -0.145. The maximum atomic E-state index is 12.0. The van der Waals surface area contributed by atoms with Crippen molar-refractivity contribution in [2.75, 3.05) is 25.7 Å². The summed E-state index contributed by atoms with van der Waals surface area (Å²) in [6.45, 7) is 0.211. The number of nitrogens with zero attached hydrogens (tertiary/aromatic N) is 1. The summed E-state index contributed by atoms with van der Waals surface area (Å²) in [5.74, 6) is -1.64. The molecule has 0 saturated carbocycles. The molecule has 1 heterocycles. The summed E-state index contributed by atoms with van der Waals surface area (Å²) in [5, 5.41) is 0.247. The molecule has 112 valence electrons. The summed E-state index contributed by atoms with van der Waals surface area (Å²) in [6, 6.07) is 4.51. The van der Waals surface area contributed by atoms with Crippen LogP contribution in [-0.4, -0.2) is 38.6 Å². The van der Waals surface area contributed by atoms with E-state index < -0.39 is 17.9 Å². The van der Waals surface area contributed by atoms with Crippen molar-refractivity contribution >= 4 is 35.1 Å². The van der Waals surface area contributed by atoms with Crippen molar-refractivity contribution in [3.05, 3.63) is 28.8 Å². The van der Waals surface area contributed by atoms with Crippen LogP contribution in [0.5, 0.6) is 0 Å². The van der Waals surface area contributed by atoms with Gasteiger partial charge in [0.15, 0.2) is 0 Å². The van der Waals surface area contributed by atoms with Crippen molar-refractivity contribution in [2.45, 2.75) is 6.42 Å². The van der Waals surface area contributed by atoms with Gasteiger partial charge in [0.05, 0.1) is 36.4 Å². The van der Waals surface area contributed by atoms with E-state index in [9.17, 15) is 14.4 Å². The van der Waals surface area contributed by atoms with Crippen molar-refractivity contribution in [3.63, 3.8) is 0 Å². The van der Waals surface area contributed by atoms with Gasteiger partial charge < -0.3 is 14.4 Å². The largest absolute Gasteiger partial charge is 0.469 e. The van der Waals surface area contributed by atoms with Gasteiger partial charge in [-0.1, -0.05) is 11.6 Å².